The molecular formula is C29H26N2O4S. The smallest absolute Gasteiger partial charge is 0.340 e. The maximum atomic E-state index is 12.9. The Morgan fingerprint density at radius 3 is 2.03 bits per heavy atom. The van der Waals surface area contributed by atoms with Gasteiger partial charge in [0.05, 0.1) is 5.69 Å². The molecule has 0 bridgehead atoms. The molecule has 1 amide bonds. The van der Waals surface area contributed by atoms with E-state index in [-0.39, 0.29) is 16.7 Å². The van der Waals surface area contributed by atoms with Gasteiger partial charge in [-0.25, -0.2) is 4.98 Å². The first-order chi connectivity index (χ1) is 17.5. The normalized spacial score (nSPS) is 13.8. The van der Waals surface area contributed by atoms with Crippen LogP contribution >= 0.6 is 0 Å². The summed E-state index contributed by atoms with van der Waals surface area (Å²) in [7, 11) is -4.05. The Hall–Kier alpha value is -3.97. The molecule has 1 aliphatic heterocycles. The molecule has 0 radical (unpaired) electrons. The third kappa shape index (κ3) is 5.31. The van der Waals surface area contributed by atoms with Crippen molar-refractivity contribution >= 4 is 16.0 Å². The van der Waals surface area contributed by atoms with E-state index in [0.29, 0.717) is 11.3 Å². The van der Waals surface area contributed by atoms with Gasteiger partial charge < -0.3 is 9.08 Å². The number of rotatable bonds is 6. The second-order valence-corrected chi connectivity index (χ2v) is 10.3. The van der Waals surface area contributed by atoms with Crippen molar-refractivity contribution in [1.29, 1.82) is 0 Å². The second-order valence-electron chi connectivity index (χ2n) is 8.72. The number of hydrogen-bond donors (Lipinski definition) is 0. The zero-order valence-corrected chi connectivity index (χ0v) is 20.5. The van der Waals surface area contributed by atoms with Crippen molar-refractivity contribution in [1.82, 2.24) is 9.88 Å². The molecule has 5 rings (SSSR count). The summed E-state index contributed by atoms with van der Waals surface area (Å²) in [6.07, 6.45) is 3.25. The van der Waals surface area contributed by atoms with Gasteiger partial charge in [-0.2, -0.15) is 8.42 Å². The molecule has 7 heteroatoms. The van der Waals surface area contributed by atoms with E-state index >= 15 is 0 Å². The molecule has 6 nitrogen and oxygen atoms in total. The summed E-state index contributed by atoms with van der Waals surface area (Å²) in [5.41, 5.74) is 3.87. The number of benzene rings is 3. The maximum Gasteiger partial charge on any atom is 0.340 e. The van der Waals surface area contributed by atoms with E-state index in [1.165, 1.54) is 24.6 Å². The minimum Gasteiger partial charge on any atom is -0.358 e. The van der Waals surface area contributed by atoms with Gasteiger partial charge in [-0.15, -0.1) is 0 Å². The number of pyridine rings is 1. The number of likely N-dealkylation sites (tertiary alicyclic amines) is 1. The van der Waals surface area contributed by atoms with Gasteiger partial charge in [-0.05, 0) is 60.7 Å². The summed E-state index contributed by atoms with van der Waals surface area (Å²) in [5.74, 6) is 0.0174. The fourth-order valence-corrected chi connectivity index (χ4v) is 5.17. The highest BCUT2D eigenvalue weighted by atomic mass is 32.2. The lowest BCUT2D eigenvalue weighted by molar-refractivity contribution is 0.0724. The van der Waals surface area contributed by atoms with Crippen LogP contribution < -0.4 is 4.18 Å². The number of aromatic nitrogens is 1. The molecule has 1 aromatic heterocycles. The van der Waals surface area contributed by atoms with Crippen molar-refractivity contribution in [2.24, 2.45) is 0 Å². The van der Waals surface area contributed by atoms with Crippen LogP contribution in [0.3, 0.4) is 0 Å². The maximum absolute atomic E-state index is 12.9. The average Bonchev–Trinajstić information content (AvgIpc) is 2.94. The van der Waals surface area contributed by atoms with Crippen LogP contribution in [0.25, 0.3) is 22.4 Å². The minimum atomic E-state index is -4.05. The minimum absolute atomic E-state index is 0.0203. The van der Waals surface area contributed by atoms with Crippen molar-refractivity contribution in [2.45, 2.75) is 24.2 Å². The van der Waals surface area contributed by atoms with Crippen LogP contribution in [-0.4, -0.2) is 37.3 Å². The molecule has 0 saturated carbocycles. The molecule has 4 aromatic rings. The monoisotopic (exact) mass is 498 g/mol. The van der Waals surface area contributed by atoms with Crippen molar-refractivity contribution in [3.8, 4) is 28.3 Å². The van der Waals surface area contributed by atoms with Gasteiger partial charge in [0, 0.05) is 30.3 Å². The second kappa shape index (κ2) is 10.3. The Kier molecular flexibility index (Phi) is 6.82. The summed E-state index contributed by atoms with van der Waals surface area (Å²) in [6, 6.07) is 28.5. The Morgan fingerprint density at radius 2 is 1.33 bits per heavy atom. The van der Waals surface area contributed by atoms with E-state index in [2.05, 4.69) is 4.98 Å². The Labute approximate surface area is 211 Å². The van der Waals surface area contributed by atoms with E-state index in [9.17, 15) is 13.2 Å². The zero-order chi connectivity index (χ0) is 25.0. The third-order valence-corrected chi connectivity index (χ3v) is 7.48. The molecule has 1 fully saturated rings. The fraction of sp³-hybridized carbons (Fsp3) is 0.172. The van der Waals surface area contributed by atoms with Gasteiger partial charge in [-0.1, -0.05) is 60.7 Å². The SMILES string of the molecule is O=C(c1ccc(-c2cccc(OS(=O)(=O)c3ccc(-c4ccccc4)cc3)n2)cc1)N1CCCCC1. The van der Waals surface area contributed by atoms with Gasteiger partial charge in [-0.3, -0.25) is 4.79 Å². The summed E-state index contributed by atoms with van der Waals surface area (Å²) in [6.45, 7) is 1.59. The van der Waals surface area contributed by atoms with Crippen LogP contribution in [0.2, 0.25) is 0 Å². The lowest BCUT2D eigenvalue weighted by Gasteiger charge is -2.26. The van der Waals surface area contributed by atoms with Crippen molar-refractivity contribution in [2.75, 3.05) is 13.1 Å². The van der Waals surface area contributed by atoms with Gasteiger partial charge in [0.15, 0.2) is 0 Å². The van der Waals surface area contributed by atoms with Crippen molar-refractivity contribution in [3.05, 3.63) is 103 Å². The van der Waals surface area contributed by atoms with Crippen molar-refractivity contribution in [3.63, 3.8) is 0 Å². The molecule has 3 aromatic carbocycles. The molecule has 0 N–H and O–H groups in total. The van der Waals surface area contributed by atoms with E-state index in [4.69, 9.17) is 4.18 Å². The highest BCUT2D eigenvalue weighted by molar-refractivity contribution is 7.87. The molecular weight excluding hydrogens is 472 g/mol. The summed E-state index contributed by atoms with van der Waals surface area (Å²) in [4.78, 5) is 19.0. The van der Waals surface area contributed by atoms with E-state index < -0.39 is 10.1 Å². The summed E-state index contributed by atoms with van der Waals surface area (Å²) in [5, 5.41) is 0. The summed E-state index contributed by atoms with van der Waals surface area (Å²) < 4.78 is 31.1. The van der Waals surface area contributed by atoms with Crippen LogP contribution in [0.4, 0.5) is 0 Å². The van der Waals surface area contributed by atoms with Gasteiger partial charge in [0.2, 0.25) is 5.88 Å². The molecule has 0 unspecified atom stereocenters. The van der Waals surface area contributed by atoms with Crippen LogP contribution in [0, 0.1) is 0 Å². The first-order valence-corrected chi connectivity index (χ1v) is 13.4. The van der Waals surface area contributed by atoms with Crippen LogP contribution in [-0.2, 0) is 10.1 Å². The first kappa shape index (κ1) is 23.8. The third-order valence-electron chi connectivity index (χ3n) is 6.24. The van der Waals surface area contributed by atoms with E-state index in [1.54, 1.807) is 36.4 Å². The molecule has 0 spiro atoms. The average molecular weight is 499 g/mol. The highest BCUT2D eigenvalue weighted by Crippen LogP contribution is 2.25. The fourth-order valence-electron chi connectivity index (χ4n) is 4.29. The van der Waals surface area contributed by atoms with Crippen LogP contribution in [0.5, 0.6) is 5.88 Å². The van der Waals surface area contributed by atoms with Gasteiger partial charge >= 0.3 is 10.1 Å². The Morgan fingerprint density at radius 1 is 0.694 bits per heavy atom. The number of nitrogens with zero attached hydrogens (tertiary/aromatic N) is 2. The molecule has 1 saturated heterocycles. The number of amides is 1. The molecule has 2 heterocycles. The molecule has 0 aliphatic carbocycles. The number of hydrogen-bond acceptors (Lipinski definition) is 5. The van der Waals surface area contributed by atoms with Crippen LogP contribution in [0.1, 0.15) is 29.6 Å². The highest BCUT2D eigenvalue weighted by Gasteiger charge is 2.19. The zero-order valence-electron chi connectivity index (χ0n) is 19.7. The van der Waals surface area contributed by atoms with Crippen LogP contribution in [0.15, 0.2) is 102 Å². The predicted octanol–water partition coefficient (Wildman–Crippen LogP) is 5.81. The summed E-state index contributed by atoms with van der Waals surface area (Å²) >= 11 is 0. The lowest BCUT2D eigenvalue weighted by Crippen LogP contribution is -2.35. The largest absolute Gasteiger partial charge is 0.358 e. The lowest BCUT2D eigenvalue weighted by atomic mass is 10.1. The molecule has 1 aliphatic rings. The quantitative estimate of drug-likeness (QED) is 0.314. The number of piperidine rings is 1. The number of carbonyl (C=O) groups excluding carboxylic acids is 1. The standard InChI is InChI=1S/C29H26N2O4S/c32-29(31-20-5-2-6-21-31)25-14-12-24(13-15-25)27-10-7-11-28(30-27)35-36(33,34)26-18-16-23(17-19-26)22-8-3-1-4-9-22/h1,3-4,7-19H,2,5-6,20-21H2. The Balaban J connectivity index is 1.30. The molecule has 36 heavy (non-hydrogen) atoms. The Bertz CT molecular complexity index is 1450. The topological polar surface area (TPSA) is 76.6 Å². The van der Waals surface area contributed by atoms with E-state index in [0.717, 1.165) is 42.6 Å². The van der Waals surface area contributed by atoms with Gasteiger partial charge in [0.1, 0.15) is 4.90 Å². The predicted molar refractivity (Wildman–Crippen MR) is 139 cm³/mol. The van der Waals surface area contributed by atoms with Gasteiger partial charge in [0.25, 0.3) is 5.91 Å². The first-order valence-electron chi connectivity index (χ1n) is 12.0. The molecule has 182 valence electrons. The van der Waals surface area contributed by atoms with Crippen molar-refractivity contribution < 1.29 is 17.4 Å². The molecule has 0 atom stereocenters. The van der Waals surface area contributed by atoms with E-state index in [1.807, 2.05) is 47.4 Å². The number of carbonyl (C=O) groups is 1.